The molecule has 0 fully saturated rings. The molecule has 2 rings (SSSR count). The van der Waals surface area contributed by atoms with Crippen molar-refractivity contribution in [2.24, 2.45) is 0 Å². The van der Waals surface area contributed by atoms with Gasteiger partial charge < -0.3 is 4.74 Å². The first-order valence-corrected chi connectivity index (χ1v) is 5.41. The van der Waals surface area contributed by atoms with Gasteiger partial charge in [0, 0.05) is 4.47 Å². The van der Waals surface area contributed by atoms with Gasteiger partial charge in [0.25, 0.3) is 0 Å². The van der Waals surface area contributed by atoms with E-state index in [0.29, 0.717) is 0 Å². The zero-order valence-corrected chi connectivity index (χ0v) is 9.57. The van der Waals surface area contributed by atoms with Crippen molar-refractivity contribution in [1.29, 1.82) is 0 Å². The number of hydrogen-bond donors (Lipinski definition) is 0. The van der Waals surface area contributed by atoms with E-state index in [9.17, 15) is 0 Å². The van der Waals surface area contributed by atoms with E-state index >= 15 is 0 Å². The Bertz CT molecular complexity index is 344. The molecule has 0 radical (unpaired) electrons. The molecule has 0 N–H and O–H groups in total. The number of aryl methyl sites for hydroxylation is 1. The number of benzene rings is 1. The molecule has 0 amide bonds. The second-order valence-corrected chi connectivity index (χ2v) is 4.41. The third kappa shape index (κ3) is 1.48. The van der Waals surface area contributed by atoms with Crippen molar-refractivity contribution in [2.75, 3.05) is 6.61 Å². The minimum Gasteiger partial charge on any atom is -0.493 e. The smallest absolute Gasteiger partial charge is 0.125 e. The lowest BCUT2D eigenvalue weighted by Gasteiger charge is -2.22. The molecule has 1 heterocycles. The Labute approximate surface area is 87.2 Å². The predicted octanol–water partition coefficient (Wildman–Crippen LogP) is 3.39. The largest absolute Gasteiger partial charge is 0.493 e. The lowest BCUT2D eigenvalue weighted by atomic mass is 9.98. The second-order valence-electron chi connectivity index (χ2n) is 3.56. The molecule has 13 heavy (non-hydrogen) atoms. The summed E-state index contributed by atoms with van der Waals surface area (Å²) >= 11 is 3.57. The number of halogens is 1. The van der Waals surface area contributed by atoms with Gasteiger partial charge in [0.05, 0.1) is 6.61 Å². The number of rotatable bonds is 0. The fourth-order valence-corrected chi connectivity index (χ4v) is 2.42. The summed E-state index contributed by atoms with van der Waals surface area (Å²) in [6.07, 6.45) is 2.30. The highest BCUT2D eigenvalue weighted by Crippen LogP contribution is 2.35. The molecule has 0 saturated carbocycles. The normalized spacial score (nSPS) is 15.0. The highest BCUT2D eigenvalue weighted by molar-refractivity contribution is 9.10. The number of fused-ring (bicyclic) bond motifs is 1. The van der Waals surface area contributed by atoms with Gasteiger partial charge in [-0.05, 0) is 49.4 Å². The zero-order chi connectivity index (χ0) is 9.42. The fraction of sp³-hybridized carbons (Fsp3) is 0.455. The first kappa shape index (κ1) is 9.07. The molecule has 0 spiro atoms. The third-order valence-corrected chi connectivity index (χ3v) is 3.43. The standard InChI is InChI=1S/C11H13BrO/c1-7-6-10(12)8(2)9-4-3-5-13-11(7)9/h6H,3-5H2,1-2H3. The molecule has 0 atom stereocenters. The minimum absolute atomic E-state index is 0.870. The van der Waals surface area contributed by atoms with Gasteiger partial charge in [0.1, 0.15) is 5.75 Å². The van der Waals surface area contributed by atoms with Crippen molar-refractivity contribution in [3.8, 4) is 5.75 Å². The highest BCUT2D eigenvalue weighted by atomic mass is 79.9. The Morgan fingerprint density at radius 1 is 1.38 bits per heavy atom. The van der Waals surface area contributed by atoms with E-state index < -0.39 is 0 Å². The summed E-state index contributed by atoms with van der Waals surface area (Å²) < 4.78 is 6.87. The first-order valence-electron chi connectivity index (χ1n) is 4.61. The van der Waals surface area contributed by atoms with E-state index in [2.05, 4.69) is 35.8 Å². The Morgan fingerprint density at radius 3 is 2.92 bits per heavy atom. The van der Waals surface area contributed by atoms with Gasteiger partial charge in [0.2, 0.25) is 0 Å². The average molecular weight is 241 g/mol. The molecule has 0 aliphatic carbocycles. The molecular formula is C11H13BrO. The number of ether oxygens (including phenoxy) is 1. The summed E-state index contributed by atoms with van der Waals surface area (Å²) in [4.78, 5) is 0. The van der Waals surface area contributed by atoms with Gasteiger partial charge in [0.15, 0.2) is 0 Å². The topological polar surface area (TPSA) is 9.23 Å². The van der Waals surface area contributed by atoms with Crippen LogP contribution in [0, 0.1) is 13.8 Å². The van der Waals surface area contributed by atoms with Gasteiger partial charge in [-0.3, -0.25) is 0 Å². The van der Waals surface area contributed by atoms with E-state index in [1.807, 2.05) is 0 Å². The first-order chi connectivity index (χ1) is 6.20. The van der Waals surface area contributed by atoms with Crippen molar-refractivity contribution in [3.63, 3.8) is 0 Å². The molecule has 1 aliphatic heterocycles. The lowest BCUT2D eigenvalue weighted by Crippen LogP contribution is -2.11. The molecule has 1 aromatic carbocycles. The second kappa shape index (κ2) is 3.33. The van der Waals surface area contributed by atoms with Crippen LogP contribution in [0.2, 0.25) is 0 Å². The predicted molar refractivity (Wildman–Crippen MR) is 57.4 cm³/mol. The Morgan fingerprint density at radius 2 is 2.15 bits per heavy atom. The maximum Gasteiger partial charge on any atom is 0.125 e. The van der Waals surface area contributed by atoms with Crippen LogP contribution in [0.3, 0.4) is 0 Å². The third-order valence-electron chi connectivity index (χ3n) is 2.60. The van der Waals surface area contributed by atoms with Gasteiger partial charge in [-0.25, -0.2) is 0 Å². The molecule has 0 bridgehead atoms. The van der Waals surface area contributed by atoms with Crippen LogP contribution >= 0.6 is 15.9 Å². The van der Waals surface area contributed by atoms with Crippen LogP contribution in [0.1, 0.15) is 23.1 Å². The summed E-state index contributed by atoms with van der Waals surface area (Å²) in [7, 11) is 0. The van der Waals surface area contributed by atoms with Crippen molar-refractivity contribution in [3.05, 3.63) is 27.2 Å². The summed E-state index contributed by atoms with van der Waals surface area (Å²) in [5.74, 6) is 1.12. The molecule has 1 nitrogen and oxygen atoms in total. The molecular weight excluding hydrogens is 228 g/mol. The van der Waals surface area contributed by atoms with Gasteiger partial charge in [-0.15, -0.1) is 0 Å². The van der Waals surface area contributed by atoms with E-state index in [0.717, 1.165) is 25.2 Å². The molecule has 0 saturated heterocycles. The maximum absolute atomic E-state index is 5.67. The maximum atomic E-state index is 5.67. The molecule has 1 aliphatic rings. The van der Waals surface area contributed by atoms with E-state index in [-0.39, 0.29) is 0 Å². The molecule has 70 valence electrons. The Kier molecular flexibility index (Phi) is 2.33. The Balaban J connectivity index is 2.63. The van der Waals surface area contributed by atoms with E-state index in [1.54, 1.807) is 0 Å². The molecule has 0 unspecified atom stereocenters. The van der Waals surface area contributed by atoms with Crippen LogP contribution in [0.15, 0.2) is 10.5 Å². The summed E-state index contributed by atoms with van der Waals surface area (Å²) in [5.41, 5.74) is 3.96. The Hall–Kier alpha value is -0.500. The minimum atomic E-state index is 0.870. The van der Waals surface area contributed by atoms with Crippen molar-refractivity contribution >= 4 is 15.9 Å². The highest BCUT2D eigenvalue weighted by Gasteiger charge is 2.16. The van der Waals surface area contributed by atoms with Crippen LogP contribution in [0.5, 0.6) is 5.75 Å². The van der Waals surface area contributed by atoms with Crippen molar-refractivity contribution in [1.82, 2.24) is 0 Å². The van der Waals surface area contributed by atoms with Crippen LogP contribution in [0.25, 0.3) is 0 Å². The summed E-state index contributed by atoms with van der Waals surface area (Å²) in [6.45, 7) is 5.13. The van der Waals surface area contributed by atoms with E-state index in [4.69, 9.17) is 4.74 Å². The van der Waals surface area contributed by atoms with Gasteiger partial charge >= 0.3 is 0 Å². The van der Waals surface area contributed by atoms with Crippen molar-refractivity contribution in [2.45, 2.75) is 26.7 Å². The van der Waals surface area contributed by atoms with Gasteiger partial charge in [-0.1, -0.05) is 15.9 Å². The quantitative estimate of drug-likeness (QED) is 0.676. The van der Waals surface area contributed by atoms with Crippen molar-refractivity contribution < 1.29 is 4.74 Å². The van der Waals surface area contributed by atoms with Gasteiger partial charge in [-0.2, -0.15) is 0 Å². The SMILES string of the molecule is Cc1cc(Br)c(C)c2c1OCCC2. The fourth-order valence-electron chi connectivity index (χ4n) is 1.84. The van der Waals surface area contributed by atoms with Crippen LogP contribution in [-0.4, -0.2) is 6.61 Å². The van der Waals surface area contributed by atoms with Crippen LogP contribution < -0.4 is 4.74 Å². The van der Waals surface area contributed by atoms with Crippen LogP contribution in [0.4, 0.5) is 0 Å². The molecule has 1 aromatic rings. The van der Waals surface area contributed by atoms with Crippen LogP contribution in [-0.2, 0) is 6.42 Å². The summed E-state index contributed by atoms with van der Waals surface area (Å²) in [6, 6.07) is 2.14. The average Bonchev–Trinajstić information content (AvgIpc) is 2.15. The molecule has 2 heteroatoms. The monoisotopic (exact) mass is 240 g/mol. The lowest BCUT2D eigenvalue weighted by molar-refractivity contribution is 0.285. The zero-order valence-electron chi connectivity index (χ0n) is 7.98. The number of hydrogen-bond acceptors (Lipinski definition) is 1. The molecule has 0 aromatic heterocycles. The summed E-state index contributed by atoms with van der Waals surface area (Å²) in [5, 5.41) is 0. The van der Waals surface area contributed by atoms with E-state index in [1.165, 1.54) is 21.2 Å².